The summed E-state index contributed by atoms with van der Waals surface area (Å²) in [6.45, 7) is 3.97. The Morgan fingerprint density at radius 3 is 3.05 bits per heavy atom. The van der Waals surface area contributed by atoms with Gasteiger partial charge in [-0.25, -0.2) is 0 Å². The zero-order valence-electron chi connectivity index (χ0n) is 11.9. The molecule has 0 fully saturated rings. The van der Waals surface area contributed by atoms with Crippen LogP contribution in [0.5, 0.6) is 5.75 Å². The monoisotopic (exact) mass is 271 g/mol. The van der Waals surface area contributed by atoms with Gasteiger partial charge in [-0.05, 0) is 35.7 Å². The Hall–Kier alpha value is -1.74. The average Bonchev–Trinajstić information content (AvgIpc) is 3.13. The van der Waals surface area contributed by atoms with Crippen molar-refractivity contribution in [1.29, 1.82) is 0 Å². The summed E-state index contributed by atoms with van der Waals surface area (Å²) >= 11 is 0. The van der Waals surface area contributed by atoms with Crippen LogP contribution in [0.1, 0.15) is 36.3 Å². The van der Waals surface area contributed by atoms with E-state index in [0.717, 1.165) is 43.9 Å². The predicted molar refractivity (Wildman–Crippen MR) is 79.1 cm³/mol. The molecule has 0 spiro atoms. The fraction of sp³-hybridized carbons (Fsp3) is 0.412. The summed E-state index contributed by atoms with van der Waals surface area (Å²) in [4.78, 5) is 0. The molecule has 1 atom stereocenters. The van der Waals surface area contributed by atoms with Crippen LogP contribution >= 0.6 is 0 Å². The first-order valence-corrected chi connectivity index (χ1v) is 7.38. The van der Waals surface area contributed by atoms with E-state index in [1.165, 1.54) is 11.1 Å². The van der Waals surface area contributed by atoms with Gasteiger partial charge in [-0.3, -0.25) is 0 Å². The van der Waals surface area contributed by atoms with Gasteiger partial charge >= 0.3 is 0 Å². The fourth-order valence-electron chi connectivity index (χ4n) is 2.75. The van der Waals surface area contributed by atoms with Crippen LogP contribution < -0.4 is 10.1 Å². The molecule has 0 bridgehead atoms. The predicted octanol–water partition coefficient (Wildman–Crippen LogP) is 3.50. The van der Waals surface area contributed by atoms with E-state index >= 15 is 0 Å². The van der Waals surface area contributed by atoms with Crippen LogP contribution in [-0.2, 0) is 12.8 Å². The summed E-state index contributed by atoms with van der Waals surface area (Å²) in [7, 11) is 0. The molecule has 1 aromatic carbocycles. The number of hydrogen-bond acceptors (Lipinski definition) is 3. The highest BCUT2D eigenvalue weighted by Gasteiger charge is 2.15. The highest BCUT2D eigenvalue weighted by atomic mass is 16.5. The summed E-state index contributed by atoms with van der Waals surface area (Å²) in [6, 6.07) is 10.9. The van der Waals surface area contributed by atoms with Crippen LogP contribution in [0.4, 0.5) is 0 Å². The van der Waals surface area contributed by atoms with Crippen molar-refractivity contribution in [3.63, 3.8) is 0 Å². The smallest absolute Gasteiger partial charge is 0.122 e. The van der Waals surface area contributed by atoms with E-state index in [0.29, 0.717) is 6.04 Å². The summed E-state index contributed by atoms with van der Waals surface area (Å²) in [5, 5.41) is 3.61. The molecule has 2 heterocycles. The second-order valence-corrected chi connectivity index (χ2v) is 5.21. The van der Waals surface area contributed by atoms with Gasteiger partial charge in [0.1, 0.15) is 11.5 Å². The summed E-state index contributed by atoms with van der Waals surface area (Å²) in [5.74, 6) is 2.09. The second-order valence-electron chi connectivity index (χ2n) is 5.21. The molecule has 3 heteroatoms. The zero-order valence-corrected chi connectivity index (χ0v) is 11.9. The van der Waals surface area contributed by atoms with Crippen LogP contribution in [0.25, 0.3) is 0 Å². The summed E-state index contributed by atoms with van der Waals surface area (Å²) < 4.78 is 10.9. The Morgan fingerprint density at radius 1 is 1.30 bits per heavy atom. The molecule has 2 aromatic rings. The van der Waals surface area contributed by atoms with Crippen LogP contribution in [0.15, 0.2) is 41.0 Å². The van der Waals surface area contributed by atoms with E-state index in [-0.39, 0.29) is 0 Å². The molecule has 1 aliphatic heterocycles. The van der Waals surface area contributed by atoms with Crippen molar-refractivity contribution in [2.45, 2.75) is 32.2 Å². The van der Waals surface area contributed by atoms with Gasteiger partial charge in [0, 0.05) is 25.4 Å². The maximum Gasteiger partial charge on any atom is 0.122 e. The number of furan rings is 1. The second kappa shape index (κ2) is 6.14. The van der Waals surface area contributed by atoms with Crippen molar-refractivity contribution < 1.29 is 9.15 Å². The lowest BCUT2D eigenvalue weighted by Crippen LogP contribution is -2.23. The normalized spacial score (nSPS) is 14.8. The molecule has 3 nitrogen and oxygen atoms in total. The molecule has 106 valence electrons. The molecule has 0 aliphatic carbocycles. The zero-order chi connectivity index (χ0) is 13.8. The SMILES string of the molecule is CCC(NCCc1ccco1)c1ccc2c(c1)CCO2. The van der Waals surface area contributed by atoms with Crippen molar-refractivity contribution in [3.05, 3.63) is 53.5 Å². The van der Waals surface area contributed by atoms with Crippen molar-refractivity contribution in [1.82, 2.24) is 5.32 Å². The fourth-order valence-corrected chi connectivity index (χ4v) is 2.75. The molecule has 1 unspecified atom stereocenters. The third-order valence-corrected chi connectivity index (χ3v) is 3.87. The molecule has 0 saturated carbocycles. The number of rotatable bonds is 6. The number of nitrogens with one attached hydrogen (secondary N) is 1. The van der Waals surface area contributed by atoms with Crippen molar-refractivity contribution in [2.75, 3.05) is 13.2 Å². The minimum Gasteiger partial charge on any atom is -0.493 e. The molecule has 1 aromatic heterocycles. The lowest BCUT2D eigenvalue weighted by Gasteiger charge is -2.18. The van der Waals surface area contributed by atoms with Crippen LogP contribution in [0.3, 0.4) is 0 Å². The Bertz CT molecular complexity index is 548. The van der Waals surface area contributed by atoms with E-state index in [4.69, 9.17) is 9.15 Å². The number of hydrogen-bond donors (Lipinski definition) is 1. The average molecular weight is 271 g/mol. The highest BCUT2D eigenvalue weighted by Crippen LogP contribution is 2.29. The number of benzene rings is 1. The number of ether oxygens (including phenoxy) is 1. The largest absolute Gasteiger partial charge is 0.493 e. The first-order valence-electron chi connectivity index (χ1n) is 7.38. The van der Waals surface area contributed by atoms with Gasteiger partial charge in [0.25, 0.3) is 0 Å². The third-order valence-electron chi connectivity index (χ3n) is 3.87. The Morgan fingerprint density at radius 2 is 2.25 bits per heavy atom. The van der Waals surface area contributed by atoms with Gasteiger partial charge < -0.3 is 14.5 Å². The Kier molecular flexibility index (Phi) is 4.07. The van der Waals surface area contributed by atoms with Gasteiger partial charge in [0.05, 0.1) is 12.9 Å². The van der Waals surface area contributed by atoms with Crippen molar-refractivity contribution >= 4 is 0 Å². The standard InChI is InChI=1S/C17H21NO2/c1-2-16(18-9-7-15-4-3-10-19-15)13-5-6-17-14(12-13)8-11-20-17/h3-6,10,12,16,18H,2,7-9,11H2,1H3. The van der Waals surface area contributed by atoms with Crippen molar-refractivity contribution in [2.24, 2.45) is 0 Å². The minimum atomic E-state index is 0.399. The van der Waals surface area contributed by atoms with Gasteiger partial charge in [-0.1, -0.05) is 19.1 Å². The summed E-state index contributed by atoms with van der Waals surface area (Å²) in [6.07, 6.45) is 4.77. The molecule has 1 aliphatic rings. The Labute approximate surface area is 119 Å². The molecule has 0 saturated heterocycles. The Balaban J connectivity index is 1.61. The molecule has 0 radical (unpaired) electrons. The molecule has 20 heavy (non-hydrogen) atoms. The van der Waals surface area contributed by atoms with Gasteiger partial charge in [-0.15, -0.1) is 0 Å². The summed E-state index contributed by atoms with van der Waals surface area (Å²) in [5.41, 5.74) is 2.70. The minimum absolute atomic E-state index is 0.399. The highest BCUT2D eigenvalue weighted by molar-refractivity contribution is 5.40. The van der Waals surface area contributed by atoms with Gasteiger partial charge in [0.2, 0.25) is 0 Å². The van der Waals surface area contributed by atoms with E-state index in [9.17, 15) is 0 Å². The molecule has 0 amide bonds. The molecule has 3 rings (SSSR count). The third kappa shape index (κ3) is 2.88. The molecular formula is C17H21NO2. The maximum absolute atomic E-state index is 5.56. The van der Waals surface area contributed by atoms with Crippen LogP contribution in [-0.4, -0.2) is 13.2 Å². The van der Waals surface area contributed by atoms with Gasteiger partial charge in [-0.2, -0.15) is 0 Å². The maximum atomic E-state index is 5.56. The molecular weight excluding hydrogens is 250 g/mol. The van der Waals surface area contributed by atoms with Gasteiger partial charge in [0.15, 0.2) is 0 Å². The first-order chi connectivity index (χ1) is 9.86. The number of fused-ring (bicyclic) bond motifs is 1. The lowest BCUT2D eigenvalue weighted by atomic mass is 10.0. The molecule has 1 N–H and O–H groups in total. The van der Waals surface area contributed by atoms with Crippen LogP contribution in [0, 0.1) is 0 Å². The topological polar surface area (TPSA) is 34.4 Å². The van der Waals surface area contributed by atoms with Crippen LogP contribution in [0.2, 0.25) is 0 Å². The van der Waals surface area contributed by atoms with Crippen molar-refractivity contribution in [3.8, 4) is 5.75 Å². The van der Waals surface area contributed by atoms with E-state index in [2.05, 4.69) is 30.4 Å². The quantitative estimate of drug-likeness (QED) is 0.873. The van der Waals surface area contributed by atoms with E-state index < -0.39 is 0 Å². The van der Waals surface area contributed by atoms with E-state index in [1.807, 2.05) is 12.1 Å². The first kappa shape index (κ1) is 13.3. The lowest BCUT2D eigenvalue weighted by molar-refractivity contribution is 0.356. The van der Waals surface area contributed by atoms with E-state index in [1.54, 1.807) is 6.26 Å².